The van der Waals surface area contributed by atoms with E-state index in [1.807, 2.05) is 0 Å². The number of unbranched alkanes of at least 4 members (excludes halogenated alkanes) is 2. The SMILES string of the molecule is C#CCCCC#CC#C[C@@H](O)CO. The number of terminal acetylenes is 1. The highest BCUT2D eigenvalue weighted by atomic mass is 16.3. The van der Waals surface area contributed by atoms with Crippen LogP contribution in [0.15, 0.2) is 0 Å². The van der Waals surface area contributed by atoms with Crippen molar-refractivity contribution in [3.63, 3.8) is 0 Å². The summed E-state index contributed by atoms with van der Waals surface area (Å²) in [7, 11) is 0. The minimum Gasteiger partial charge on any atom is -0.393 e. The molecule has 0 rings (SSSR count). The van der Waals surface area contributed by atoms with Crippen molar-refractivity contribution >= 4 is 0 Å². The third-order valence-corrected chi connectivity index (χ3v) is 1.19. The molecular formula is C11H12O2. The van der Waals surface area contributed by atoms with Gasteiger partial charge < -0.3 is 10.2 Å². The second-order valence-electron chi connectivity index (χ2n) is 2.33. The predicted molar refractivity (Wildman–Crippen MR) is 51.3 cm³/mol. The van der Waals surface area contributed by atoms with Crippen LogP contribution in [-0.2, 0) is 0 Å². The average molecular weight is 176 g/mol. The lowest BCUT2D eigenvalue weighted by Crippen LogP contribution is -2.07. The van der Waals surface area contributed by atoms with Crippen molar-refractivity contribution in [2.75, 3.05) is 6.61 Å². The minimum atomic E-state index is -0.986. The fourth-order valence-corrected chi connectivity index (χ4v) is 0.551. The maximum atomic E-state index is 8.78. The number of rotatable bonds is 3. The van der Waals surface area contributed by atoms with Crippen LogP contribution in [0.4, 0.5) is 0 Å². The molecule has 0 aromatic heterocycles. The van der Waals surface area contributed by atoms with Crippen molar-refractivity contribution in [1.29, 1.82) is 0 Å². The van der Waals surface area contributed by atoms with E-state index in [1.54, 1.807) is 0 Å². The van der Waals surface area contributed by atoms with E-state index >= 15 is 0 Å². The zero-order chi connectivity index (χ0) is 9.94. The molecule has 0 saturated carbocycles. The van der Waals surface area contributed by atoms with Gasteiger partial charge in [0, 0.05) is 12.8 Å². The second-order valence-corrected chi connectivity index (χ2v) is 2.33. The maximum Gasteiger partial charge on any atom is 0.138 e. The van der Waals surface area contributed by atoms with E-state index in [0.717, 1.165) is 12.8 Å². The molecule has 0 bridgehead atoms. The standard InChI is InChI=1S/C11H12O2/c1-2-3-4-5-6-7-8-9-11(13)10-12/h1,11-13H,3-5,10H2/t11-/m1/s1. The van der Waals surface area contributed by atoms with Crippen LogP contribution < -0.4 is 0 Å². The molecule has 0 aromatic rings. The molecular weight excluding hydrogens is 164 g/mol. The summed E-state index contributed by atoms with van der Waals surface area (Å²) in [5.41, 5.74) is 0. The molecule has 0 aliphatic heterocycles. The maximum absolute atomic E-state index is 8.78. The first kappa shape index (κ1) is 11.6. The molecule has 0 heterocycles. The number of aliphatic hydroxyl groups excluding tert-OH is 2. The van der Waals surface area contributed by atoms with Gasteiger partial charge in [-0.05, 0) is 18.3 Å². The highest BCUT2D eigenvalue weighted by Crippen LogP contribution is 1.89. The first-order chi connectivity index (χ1) is 6.31. The van der Waals surface area contributed by atoms with Gasteiger partial charge in [-0.2, -0.15) is 0 Å². The summed E-state index contributed by atoms with van der Waals surface area (Å²) in [6.45, 7) is -0.355. The first-order valence-electron chi connectivity index (χ1n) is 4.02. The van der Waals surface area contributed by atoms with Gasteiger partial charge >= 0.3 is 0 Å². The van der Waals surface area contributed by atoms with Crippen molar-refractivity contribution in [2.45, 2.75) is 25.4 Å². The van der Waals surface area contributed by atoms with Crippen molar-refractivity contribution in [2.24, 2.45) is 0 Å². The molecule has 0 aliphatic carbocycles. The zero-order valence-corrected chi connectivity index (χ0v) is 7.38. The quantitative estimate of drug-likeness (QED) is 0.474. The Morgan fingerprint density at radius 1 is 1.23 bits per heavy atom. The summed E-state index contributed by atoms with van der Waals surface area (Å²) in [5.74, 6) is 12.7. The van der Waals surface area contributed by atoms with Crippen molar-refractivity contribution in [3.05, 3.63) is 0 Å². The fraction of sp³-hybridized carbons (Fsp3) is 0.455. The van der Waals surface area contributed by atoms with Crippen LogP contribution >= 0.6 is 0 Å². The molecule has 68 valence electrons. The lowest BCUT2D eigenvalue weighted by Gasteiger charge is -1.90. The fourth-order valence-electron chi connectivity index (χ4n) is 0.551. The molecule has 0 aliphatic rings. The normalized spacial score (nSPS) is 9.92. The van der Waals surface area contributed by atoms with E-state index in [0.29, 0.717) is 6.42 Å². The summed E-state index contributed by atoms with van der Waals surface area (Å²) >= 11 is 0. The van der Waals surface area contributed by atoms with Crippen molar-refractivity contribution in [3.8, 4) is 36.0 Å². The molecule has 0 spiro atoms. The average Bonchev–Trinajstić information content (AvgIpc) is 2.16. The molecule has 0 radical (unpaired) electrons. The molecule has 2 N–H and O–H groups in total. The highest BCUT2D eigenvalue weighted by molar-refractivity contribution is 5.27. The van der Waals surface area contributed by atoms with Crippen LogP contribution in [0.5, 0.6) is 0 Å². The Labute approximate surface area is 79.0 Å². The largest absolute Gasteiger partial charge is 0.393 e. The third-order valence-electron chi connectivity index (χ3n) is 1.19. The molecule has 0 amide bonds. The van der Waals surface area contributed by atoms with E-state index in [-0.39, 0.29) is 6.61 Å². The van der Waals surface area contributed by atoms with E-state index in [4.69, 9.17) is 16.6 Å². The Kier molecular flexibility index (Phi) is 7.76. The van der Waals surface area contributed by atoms with E-state index in [9.17, 15) is 0 Å². The van der Waals surface area contributed by atoms with Gasteiger partial charge in [-0.3, -0.25) is 0 Å². The lowest BCUT2D eigenvalue weighted by molar-refractivity contribution is 0.138. The summed E-state index contributed by atoms with van der Waals surface area (Å²) in [4.78, 5) is 0. The predicted octanol–water partition coefficient (Wildman–Crippen LogP) is 0.150. The monoisotopic (exact) mass is 176 g/mol. The first-order valence-corrected chi connectivity index (χ1v) is 4.02. The molecule has 0 saturated heterocycles. The van der Waals surface area contributed by atoms with Crippen LogP contribution in [0, 0.1) is 36.0 Å². The Hall–Kier alpha value is -1.40. The van der Waals surface area contributed by atoms with Gasteiger partial charge in [0.15, 0.2) is 0 Å². The van der Waals surface area contributed by atoms with Gasteiger partial charge in [-0.15, -0.1) is 12.3 Å². The summed E-state index contributed by atoms with van der Waals surface area (Å²) in [6.07, 6.45) is 6.36. The van der Waals surface area contributed by atoms with Crippen LogP contribution in [0.2, 0.25) is 0 Å². The Morgan fingerprint density at radius 3 is 2.62 bits per heavy atom. The number of aliphatic hydroxyl groups is 2. The summed E-state index contributed by atoms with van der Waals surface area (Å²) in [5, 5.41) is 17.2. The topological polar surface area (TPSA) is 40.5 Å². The van der Waals surface area contributed by atoms with Gasteiger partial charge in [-0.25, -0.2) is 0 Å². The molecule has 13 heavy (non-hydrogen) atoms. The van der Waals surface area contributed by atoms with E-state index < -0.39 is 6.10 Å². The van der Waals surface area contributed by atoms with Gasteiger partial charge in [-0.1, -0.05) is 11.8 Å². The molecule has 0 aromatic carbocycles. The summed E-state index contributed by atoms with van der Waals surface area (Å²) in [6, 6.07) is 0. The third kappa shape index (κ3) is 8.51. The Balaban J connectivity index is 3.59. The minimum absolute atomic E-state index is 0.355. The van der Waals surface area contributed by atoms with E-state index in [2.05, 4.69) is 29.6 Å². The van der Waals surface area contributed by atoms with Gasteiger partial charge in [0.2, 0.25) is 0 Å². The van der Waals surface area contributed by atoms with Crippen LogP contribution in [0.25, 0.3) is 0 Å². The van der Waals surface area contributed by atoms with Crippen LogP contribution in [0.1, 0.15) is 19.3 Å². The smallest absolute Gasteiger partial charge is 0.138 e. The molecule has 1 atom stereocenters. The van der Waals surface area contributed by atoms with Crippen LogP contribution in [0.3, 0.4) is 0 Å². The molecule has 2 nitrogen and oxygen atoms in total. The number of hydrogen-bond acceptors (Lipinski definition) is 2. The molecule has 0 unspecified atom stereocenters. The van der Waals surface area contributed by atoms with Gasteiger partial charge in [0.1, 0.15) is 6.10 Å². The second kappa shape index (κ2) is 8.69. The molecule has 2 heteroatoms. The Morgan fingerprint density at radius 2 is 2.00 bits per heavy atom. The zero-order valence-electron chi connectivity index (χ0n) is 7.38. The lowest BCUT2D eigenvalue weighted by atomic mass is 10.2. The number of hydrogen-bond donors (Lipinski definition) is 2. The highest BCUT2D eigenvalue weighted by Gasteiger charge is 1.90. The van der Waals surface area contributed by atoms with Gasteiger partial charge in [0.25, 0.3) is 0 Å². The van der Waals surface area contributed by atoms with Crippen molar-refractivity contribution < 1.29 is 10.2 Å². The van der Waals surface area contributed by atoms with Crippen LogP contribution in [-0.4, -0.2) is 22.9 Å². The summed E-state index contributed by atoms with van der Waals surface area (Å²) < 4.78 is 0. The van der Waals surface area contributed by atoms with E-state index in [1.165, 1.54) is 0 Å². The van der Waals surface area contributed by atoms with Crippen molar-refractivity contribution in [1.82, 2.24) is 0 Å². The Bertz CT molecular complexity index is 277. The van der Waals surface area contributed by atoms with Gasteiger partial charge in [0.05, 0.1) is 6.61 Å². The molecule has 0 fully saturated rings.